The molecule has 1 unspecified atom stereocenters. The summed E-state index contributed by atoms with van der Waals surface area (Å²) >= 11 is 0. The quantitative estimate of drug-likeness (QED) is 0.784. The van der Waals surface area contributed by atoms with Gasteiger partial charge in [-0.1, -0.05) is 18.2 Å². The van der Waals surface area contributed by atoms with Crippen molar-refractivity contribution < 1.29 is 14.3 Å². The standard InChI is InChI=1S/C20H19N3O3/c21-20(24)19-13-23(10-11-25-19)18-8-9-22-17-7-6-15(12-16(17)18)26-14-4-2-1-3-5-14/h1-9,12,19H,10-11,13H2,(H2,21,24). The third-order valence-electron chi connectivity index (χ3n) is 4.39. The number of morpholine rings is 1. The maximum absolute atomic E-state index is 11.5. The van der Waals surface area contributed by atoms with E-state index in [9.17, 15) is 4.79 Å². The Labute approximate surface area is 151 Å². The van der Waals surface area contributed by atoms with Gasteiger partial charge in [0.2, 0.25) is 5.91 Å². The predicted molar refractivity (Wildman–Crippen MR) is 99.4 cm³/mol. The van der Waals surface area contributed by atoms with E-state index in [1.54, 1.807) is 6.20 Å². The van der Waals surface area contributed by atoms with Crippen LogP contribution in [0.25, 0.3) is 10.9 Å². The largest absolute Gasteiger partial charge is 0.457 e. The highest BCUT2D eigenvalue weighted by Gasteiger charge is 2.26. The third kappa shape index (κ3) is 3.32. The first kappa shape index (κ1) is 16.4. The molecular weight excluding hydrogens is 330 g/mol. The van der Waals surface area contributed by atoms with Gasteiger partial charge in [-0.3, -0.25) is 9.78 Å². The Kier molecular flexibility index (Phi) is 4.41. The summed E-state index contributed by atoms with van der Waals surface area (Å²) in [6.45, 7) is 1.57. The van der Waals surface area contributed by atoms with Crippen LogP contribution in [0, 0.1) is 0 Å². The van der Waals surface area contributed by atoms with Gasteiger partial charge in [0, 0.05) is 23.8 Å². The highest BCUT2D eigenvalue weighted by atomic mass is 16.5. The van der Waals surface area contributed by atoms with Crippen molar-refractivity contribution in [1.29, 1.82) is 0 Å². The highest BCUT2D eigenvalue weighted by molar-refractivity contribution is 5.93. The van der Waals surface area contributed by atoms with Crippen molar-refractivity contribution in [2.45, 2.75) is 6.10 Å². The van der Waals surface area contributed by atoms with E-state index in [4.69, 9.17) is 15.2 Å². The van der Waals surface area contributed by atoms with Crippen LogP contribution in [0.4, 0.5) is 5.69 Å². The molecule has 3 aromatic rings. The molecule has 1 amide bonds. The summed E-state index contributed by atoms with van der Waals surface area (Å²) in [4.78, 5) is 18.0. The Morgan fingerprint density at radius 1 is 1.15 bits per heavy atom. The molecule has 0 spiro atoms. The van der Waals surface area contributed by atoms with E-state index in [1.807, 2.05) is 54.6 Å². The number of pyridine rings is 1. The molecule has 2 aromatic carbocycles. The molecule has 0 saturated carbocycles. The van der Waals surface area contributed by atoms with Gasteiger partial charge in [-0.15, -0.1) is 0 Å². The lowest BCUT2D eigenvalue weighted by Gasteiger charge is -2.33. The van der Waals surface area contributed by atoms with Crippen LogP contribution in [0.1, 0.15) is 0 Å². The first-order valence-corrected chi connectivity index (χ1v) is 8.48. The minimum absolute atomic E-state index is 0.429. The average molecular weight is 349 g/mol. The van der Waals surface area contributed by atoms with Crippen LogP contribution < -0.4 is 15.4 Å². The van der Waals surface area contributed by atoms with Gasteiger partial charge >= 0.3 is 0 Å². The summed E-state index contributed by atoms with van der Waals surface area (Å²) in [6.07, 6.45) is 1.17. The van der Waals surface area contributed by atoms with Crippen molar-refractivity contribution in [2.75, 3.05) is 24.6 Å². The normalized spacial score (nSPS) is 17.2. The molecule has 132 valence electrons. The number of para-hydroxylation sites is 1. The number of amides is 1. The molecule has 1 atom stereocenters. The number of anilines is 1. The van der Waals surface area contributed by atoms with Crippen molar-refractivity contribution in [1.82, 2.24) is 4.98 Å². The maximum atomic E-state index is 11.5. The number of carbonyl (C=O) groups is 1. The summed E-state index contributed by atoms with van der Waals surface area (Å²) in [5.74, 6) is 1.07. The second-order valence-electron chi connectivity index (χ2n) is 6.13. The van der Waals surface area contributed by atoms with Gasteiger partial charge < -0.3 is 20.1 Å². The van der Waals surface area contributed by atoms with E-state index in [0.29, 0.717) is 19.7 Å². The van der Waals surface area contributed by atoms with Gasteiger partial charge in [0.15, 0.2) is 6.10 Å². The maximum Gasteiger partial charge on any atom is 0.248 e. The topological polar surface area (TPSA) is 77.7 Å². The Morgan fingerprint density at radius 3 is 2.81 bits per heavy atom. The lowest BCUT2D eigenvalue weighted by atomic mass is 10.1. The smallest absolute Gasteiger partial charge is 0.248 e. The molecule has 6 nitrogen and oxygen atoms in total. The molecule has 2 heterocycles. The van der Waals surface area contributed by atoms with E-state index >= 15 is 0 Å². The first-order valence-electron chi connectivity index (χ1n) is 8.48. The number of rotatable bonds is 4. The summed E-state index contributed by atoms with van der Waals surface area (Å²) in [5, 5.41) is 0.964. The zero-order chi connectivity index (χ0) is 17.9. The summed E-state index contributed by atoms with van der Waals surface area (Å²) in [6, 6.07) is 17.4. The fraction of sp³-hybridized carbons (Fsp3) is 0.200. The van der Waals surface area contributed by atoms with Gasteiger partial charge in [-0.2, -0.15) is 0 Å². The summed E-state index contributed by atoms with van der Waals surface area (Å²) in [7, 11) is 0. The SMILES string of the molecule is NC(=O)C1CN(c2ccnc3ccc(Oc4ccccc4)cc23)CCO1. The third-order valence-corrected chi connectivity index (χ3v) is 4.39. The Bertz CT molecular complexity index is 930. The Morgan fingerprint density at radius 2 is 2.00 bits per heavy atom. The van der Waals surface area contributed by atoms with Gasteiger partial charge in [0.1, 0.15) is 11.5 Å². The van der Waals surface area contributed by atoms with E-state index in [-0.39, 0.29) is 0 Å². The van der Waals surface area contributed by atoms with Crippen LogP contribution >= 0.6 is 0 Å². The molecule has 2 N–H and O–H groups in total. The molecule has 1 aliphatic heterocycles. The number of benzene rings is 2. The molecule has 0 aliphatic carbocycles. The second kappa shape index (κ2) is 7.01. The van der Waals surface area contributed by atoms with Crippen LogP contribution in [0.5, 0.6) is 11.5 Å². The number of nitrogens with two attached hydrogens (primary N) is 1. The number of fused-ring (bicyclic) bond motifs is 1. The number of primary amides is 1. The van der Waals surface area contributed by atoms with Gasteiger partial charge in [-0.25, -0.2) is 0 Å². The van der Waals surface area contributed by atoms with Gasteiger partial charge in [0.25, 0.3) is 0 Å². The molecule has 4 rings (SSSR count). The second-order valence-corrected chi connectivity index (χ2v) is 6.13. The van der Waals surface area contributed by atoms with Crippen LogP contribution in [0.2, 0.25) is 0 Å². The predicted octanol–water partition coefficient (Wildman–Crippen LogP) is 2.72. The molecule has 1 aliphatic rings. The molecule has 0 bridgehead atoms. The fourth-order valence-electron chi connectivity index (χ4n) is 3.11. The van der Waals surface area contributed by atoms with E-state index < -0.39 is 12.0 Å². The average Bonchev–Trinajstić information content (AvgIpc) is 2.68. The molecule has 6 heteroatoms. The lowest BCUT2D eigenvalue weighted by Crippen LogP contribution is -2.48. The minimum atomic E-state index is -0.601. The molecule has 26 heavy (non-hydrogen) atoms. The zero-order valence-corrected chi connectivity index (χ0v) is 14.2. The van der Waals surface area contributed by atoms with E-state index in [2.05, 4.69) is 9.88 Å². The van der Waals surface area contributed by atoms with Crippen molar-refractivity contribution >= 4 is 22.5 Å². The highest BCUT2D eigenvalue weighted by Crippen LogP contribution is 2.31. The van der Waals surface area contributed by atoms with Gasteiger partial charge in [-0.05, 0) is 36.4 Å². The lowest BCUT2D eigenvalue weighted by molar-refractivity contribution is -0.130. The molecular formula is C20H19N3O3. The van der Waals surface area contributed by atoms with Crippen molar-refractivity contribution in [3.8, 4) is 11.5 Å². The van der Waals surface area contributed by atoms with Crippen LogP contribution in [-0.2, 0) is 9.53 Å². The number of carbonyl (C=O) groups excluding carboxylic acids is 1. The van der Waals surface area contributed by atoms with Crippen LogP contribution in [-0.4, -0.2) is 36.7 Å². The zero-order valence-electron chi connectivity index (χ0n) is 14.2. The monoisotopic (exact) mass is 349 g/mol. The van der Waals surface area contributed by atoms with Crippen molar-refractivity contribution in [3.05, 3.63) is 60.8 Å². The number of nitrogens with zero attached hydrogens (tertiary/aromatic N) is 2. The molecule has 1 fully saturated rings. The Balaban J connectivity index is 1.68. The molecule has 0 radical (unpaired) electrons. The number of hydrogen-bond acceptors (Lipinski definition) is 5. The number of ether oxygens (including phenoxy) is 2. The fourth-order valence-corrected chi connectivity index (χ4v) is 3.11. The molecule has 1 aromatic heterocycles. The van der Waals surface area contributed by atoms with Crippen molar-refractivity contribution in [2.24, 2.45) is 5.73 Å². The van der Waals surface area contributed by atoms with E-state index in [1.165, 1.54) is 0 Å². The van der Waals surface area contributed by atoms with Crippen LogP contribution in [0.3, 0.4) is 0 Å². The molecule has 1 saturated heterocycles. The Hall–Kier alpha value is -3.12. The van der Waals surface area contributed by atoms with E-state index in [0.717, 1.165) is 28.1 Å². The summed E-state index contributed by atoms with van der Waals surface area (Å²) in [5.41, 5.74) is 7.26. The summed E-state index contributed by atoms with van der Waals surface area (Å²) < 4.78 is 11.4. The van der Waals surface area contributed by atoms with Crippen LogP contribution in [0.15, 0.2) is 60.8 Å². The van der Waals surface area contributed by atoms with Crippen molar-refractivity contribution in [3.63, 3.8) is 0 Å². The minimum Gasteiger partial charge on any atom is -0.457 e. The first-order chi connectivity index (χ1) is 12.7. The number of hydrogen-bond donors (Lipinski definition) is 1. The number of aromatic nitrogens is 1. The van der Waals surface area contributed by atoms with Gasteiger partial charge in [0.05, 0.1) is 18.7 Å².